The molecular formula is C14H17FN2. The molecule has 1 aliphatic heterocycles. The van der Waals surface area contributed by atoms with Crippen LogP contribution >= 0.6 is 0 Å². The van der Waals surface area contributed by atoms with E-state index >= 15 is 0 Å². The molecule has 2 heterocycles. The third-order valence-corrected chi connectivity index (χ3v) is 3.01. The van der Waals surface area contributed by atoms with E-state index in [1.165, 1.54) is 11.8 Å². The molecule has 1 aromatic heterocycles. The number of aromatic nitrogens is 2. The molecule has 90 valence electrons. The molecule has 0 amide bonds. The van der Waals surface area contributed by atoms with Gasteiger partial charge in [-0.1, -0.05) is 26.0 Å². The van der Waals surface area contributed by atoms with Gasteiger partial charge in [0.15, 0.2) is 0 Å². The van der Waals surface area contributed by atoms with E-state index in [1.54, 1.807) is 12.1 Å². The predicted octanol–water partition coefficient (Wildman–Crippen LogP) is 3.58. The Bertz CT molecular complexity index is 490. The Hall–Kier alpha value is -1.64. The van der Waals surface area contributed by atoms with Gasteiger partial charge in [-0.25, -0.2) is 9.37 Å². The minimum absolute atomic E-state index is 0.162. The highest BCUT2D eigenvalue weighted by molar-refractivity contribution is 5.30. The van der Waals surface area contributed by atoms with Gasteiger partial charge in [0.1, 0.15) is 5.82 Å². The van der Waals surface area contributed by atoms with Gasteiger partial charge in [-0.3, -0.25) is 0 Å². The fraction of sp³-hybridized carbons (Fsp3) is 0.357. The van der Waals surface area contributed by atoms with Gasteiger partial charge in [-0.05, 0) is 24.1 Å². The SMILES string of the molecule is CC.Fc1cccc(C2CCn3cncc32)c1. The quantitative estimate of drug-likeness (QED) is 0.734. The highest BCUT2D eigenvalue weighted by atomic mass is 19.1. The zero-order valence-corrected chi connectivity index (χ0v) is 10.2. The molecule has 3 heteroatoms. The van der Waals surface area contributed by atoms with Crippen LogP contribution in [0, 0.1) is 5.82 Å². The fourth-order valence-corrected chi connectivity index (χ4v) is 2.28. The summed E-state index contributed by atoms with van der Waals surface area (Å²) >= 11 is 0. The standard InChI is InChI=1S/C12H11FN2.C2H6/c13-10-3-1-2-9(6-10)11-4-5-15-8-14-7-12(11)15;1-2/h1-3,6-8,11H,4-5H2;1-2H3. The van der Waals surface area contributed by atoms with Gasteiger partial charge in [0.2, 0.25) is 0 Å². The number of fused-ring (bicyclic) bond motifs is 1. The number of benzene rings is 1. The van der Waals surface area contributed by atoms with Gasteiger partial charge in [0.25, 0.3) is 0 Å². The molecule has 0 spiro atoms. The van der Waals surface area contributed by atoms with Crippen molar-refractivity contribution < 1.29 is 4.39 Å². The molecule has 0 N–H and O–H groups in total. The van der Waals surface area contributed by atoms with Crippen molar-refractivity contribution in [3.63, 3.8) is 0 Å². The Labute approximate surface area is 101 Å². The largest absolute Gasteiger partial charge is 0.334 e. The van der Waals surface area contributed by atoms with Crippen molar-refractivity contribution in [1.82, 2.24) is 9.55 Å². The van der Waals surface area contributed by atoms with Crippen LogP contribution in [0.25, 0.3) is 0 Å². The summed E-state index contributed by atoms with van der Waals surface area (Å²) in [6, 6.07) is 6.85. The predicted molar refractivity (Wildman–Crippen MR) is 66.4 cm³/mol. The van der Waals surface area contributed by atoms with Crippen LogP contribution in [0.15, 0.2) is 36.8 Å². The summed E-state index contributed by atoms with van der Waals surface area (Å²) in [4.78, 5) is 4.11. The minimum Gasteiger partial charge on any atom is -0.334 e. The third-order valence-electron chi connectivity index (χ3n) is 3.01. The van der Waals surface area contributed by atoms with Crippen molar-refractivity contribution in [2.24, 2.45) is 0 Å². The molecule has 0 saturated carbocycles. The molecular weight excluding hydrogens is 215 g/mol. The van der Waals surface area contributed by atoms with Crippen LogP contribution in [-0.2, 0) is 6.54 Å². The second-order valence-electron chi connectivity index (χ2n) is 3.91. The van der Waals surface area contributed by atoms with E-state index in [-0.39, 0.29) is 5.82 Å². The molecule has 0 saturated heterocycles. The second-order valence-corrected chi connectivity index (χ2v) is 3.91. The molecule has 1 aliphatic rings. The first kappa shape index (κ1) is 11.8. The van der Waals surface area contributed by atoms with Gasteiger partial charge in [0, 0.05) is 24.4 Å². The average Bonchev–Trinajstić information content (AvgIpc) is 2.93. The molecule has 0 aliphatic carbocycles. The van der Waals surface area contributed by atoms with Crippen LogP contribution in [0.4, 0.5) is 4.39 Å². The lowest BCUT2D eigenvalue weighted by Crippen LogP contribution is -1.96. The summed E-state index contributed by atoms with van der Waals surface area (Å²) in [6.07, 6.45) is 4.76. The van der Waals surface area contributed by atoms with E-state index in [4.69, 9.17) is 0 Å². The van der Waals surface area contributed by atoms with Crippen molar-refractivity contribution in [3.8, 4) is 0 Å². The maximum Gasteiger partial charge on any atom is 0.123 e. The molecule has 0 radical (unpaired) electrons. The maximum absolute atomic E-state index is 13.1. The Balaban J connectivity index is 0.000000514. The highest BCUT2D eigenvalue weighted by Gasteiger charge is 2.24. The summed E-state index contributed by atoms with van der Waals surface area (Å²) in [5.41, 5.74) is 2.25. The van der Waals surface area contributed by atoms with Crippen molar-refractivity contribution in [3.05, 3.63) is 53.9 Å². The second kappa shape index (κ2) is 5.13. The van der Waals surface area contributed by atoms with Crippen molar-refractivity contribution in [2.75, 3.05) is 0 Å². The zero-order valence-electron chi connectivity index (χ0n) is 10.2. The van der Waals surface area contributed by atoms with Gasteiger partial charge >= 0.3 is 0 Å². The summed E-state index contributed by atoms with van der Waals surface area (Å²) in [5, 5.41) is 0. The first-order valence-electron chi connectivity index (χ1n) is 6.10. The van der Waals surface area contributed by atoms with Crippen LogP contribution in [0.1, 0.15) is 37.4 Å². The number of imidazole rings is 1. The number of halogens is 1. The first-order chi connectivity index (χ1) is 8.34. The van der Waals surface area contributed by atoms with Gasteiger partial charge < -0.3 is 4.57 Å². The van der Waals surface area contributed by atoms with Crippen molar-refractivity contribution in [2.45, 2.75) is 32.7 Å². The van der Waals surface area contributed by atoms with E-state index in [1.807, 2.05) is 32.4 Å². The van der Waals surface area contributed by atoms with Crippen LogP contribution in [0.2, 0.25) is 0 Å². The molecule has 1 atom stereocenters. The normalized spacial score (nSPS) is 17.2. The Morgan fingerprint density at radius 2 is 2.18 bits per heavy atom. The summed E-state index contributed by atoms with van der Waals surface area (Å²) < 4.78 is 15.2. The van der Waals surface area contributed by atoms with E-state index in [0.717, 1.165) is 18.5 Å². The van der Waals surface area contributed by atoms with Crippen molar-refractivity contribution in [1.29, 1.82) is 0 Å². The van der Waals surface area contributed by atoms with Crippen molar-refractivity contribution >= 4 is 0 Å². The highest BCUT2D eigenvalue weighted by Crippen LogP contribution is 2.33. The van der Waals surface area contributed by atoms with E-state index in [2.05, 4.69) is 9.55 Å². The lowest BCUT2D eigenvalue weighted by molar-refractivity contribution is 0.622. The van der Waals surface area contributed by atoms with E-state index in [9.17, 15) is 4.39 Å². The monoisotopic (exact) mass is 232 g/mol. The van der Waals surface area contributed by atoms with Crippen LogP contribution < -0.4 is 0 Å². The van der Waals surface area contributed by atoms with E-state index < -0.39 is 0 Å². The van der Waals surface area contributed by atoms with Crippen LogP contribution in [-0.4, -0.2) is 9.55 Å². The summed E-state index contributed by atoms with van der Waals surface area (Å²) in [6.45, 7) is 4.98. The summed E-state index contributed by atoms with van der Waals surface area (Å²) in [5.74, 6) is 0.147. The number of hydrogen-bond donors (Lipinski definition) is 0. The lowest BCUT2D eigenvalue weighted by atomic mass is 9.95. The smallest absolute Gasteiger partial charge is 0.123 e. The summed E-state index contributed by atoms with van der Waals surface area (Å²) in [7, 11) is 0. The van der Waals surface area contributed by atoms with Gasteiger partial charge in [-0.2, -0.15) is 0 Å². The number of hydrogen-bond acceptors (Lipinski definition) is 1. The molecule has 0 fully saturated rings. The molecule has 17 heavy (non-hydrogen) atoms. The molecule has 1 aromatic carbocycles. The van der Waals surface area contributed by atoms with Gasteiger partial charge in [0.05, 0.1) is 6.33 Å². The Morgan fingerprint density at radius 3 is 2.94 bits per heavy atom. The number of nitrogens with zero attached hydrogens (tertiary/aromatic N) is 2. The first-order valence-corrected chi connectivity index (χ1v) is 6.10. The van der Waals surface area contributed by atoms with E-state index in [0.29, 0.717) is 5.92 Å². The van der Waals surface area contributed by atoms with Gasteiger partial charge in [-0.15, -0.1) is 0 Å². The minimum atomic E-state index is -0.162. The van der Waals surface area contributed by atoms with Crippen LogP contribution in [0.3, 0.4) is 0 Å². The zero-order chi connectivity index (χ0) is 12.3. The molecule has 1 unspecified atom stereocenters. The molecule has 2 aromatic rings. The number of aryl methyl sites for hydroxylation is 1. The third kappa shape index (κ3) is 2.23. The Kier molecular flexibility index (Phi) is 3.57. The molecule has 3 rings (SSSR count). The molecule has 0 bridgehead atoms. The fourth-order valence-electron chi connectivity index (χ4n) is 2.28. The molecule has 2 nitrogen and oxygen atoms in total. The number of rotatable bonds is 1. The average molecular weight is 232 g/mol. The maximum atomic E-state index is 13.1. The lowest BCUT2D eigenvalue weighted by Gasteiger charge is -2.08. The Morgan fingerprint density at radius 1 is 1.35 bits per heavy atom. The topological polar surface area (TPSA) is 17.8 Å². The van der Waals surface area contributed by atoms with Crippen LogP contribution in [0.5, 0.6) is 0 Å².